The molecule has 0 fully saturated rings. The van der Waals surface area contributed by atoms with Crippen molar-refractivity contribution in [1.82, 2.24) is 19.7 Å². The Bertz CT molecular complexity index is 1350. The van der Waals surface area contributed by atoms with E-state index in [1.807, 2.05) is 25.1 Å². The van der Waals surface area contributed by atoms with Gasteiger partial charge in [-0.1, -0.05) is 23.9 Å². The molecule has 0 aliphatic rings. The molecular formula is C20H16N6O4S. The van der Waals surface area contributed by atoms with Gasteiger partial charge in [-0.25, -0.2) is 9.67 Å². The number of aromatic nitrogens is 4. The second kappa shape index (κ2) is 8.40. The van der Waals surface area contributed by atoms with E-state index in [4.69, 9.17) is 0 Å². The predicted molar refractivity (Wildman–Crippen MR) is 117 cm³/mol. The molecule has 31 heavy (non-hydrogen) atoms. The Morgan fingerprint density at radius 2 is 2.03 bits per heavy atom. The van der Waals surface area contributed by atoms with E-state index in [1.54, 1.807) is 6.07 Å². The van der Waals surface area contributed by atoms with Crippen molar-refractivity contribution in [1.29, 1.82) is 0 Å². The van der Waals surface area contributed by atoms with Crippen LogP contribution in [0.4, 0.5) is 11.4 Å². The summed E-state index contributed by atoms with van der Waals surface area (Å²) >= 11 is 1.09. The zero-order chi connectivity index (χ0) is 22.0. The van der Waals surface area contributed by atoms with E-state index in [0.717, 1.165) is 17.3 Å². The van der Waals surface area contributed by atoms with Crippen LogP contribution in [0.25, 0.3) is 16.7 Å². The largest absolute Gasteiger partial charge is 0.325 e. The first-order valence-corrected chi connectivity index (χ1v) is 10.1. The first-order chi connectivity index (χ1) is 14.9. The number of carbonyl (C=O) groups excluding carboxylic acids is 1. The van der Waals surface area contributed by atoms with Gasteiger partial charge < -0.3 is 10.3 Å². The van der Waals surface area contributed by atoms with Crippen molar-refractivity contribution in [2.45, 2.75) is 12.1 Å². The van der Waals surface area contributed by atoms with E-state index < -0.39 is 4.92 Å². The van der Waals surface area contributed by atoms with Crippen molar-refractivity contribution >= 4 is 40.1 Å². The summed E-state index contributed by atoms with van der Waals surface area (Å²) in [7, 11) is 0. The van der Waals surface area contributed by atoms with Gasteiger partial charge in [0, 0.05) is 17.8 Å². The van der Waals surface area contributed by atoms with Crippen LogP contribution in [0.2, 0.25) is 0 Å². The second-order valence-corrected chi connectivity index (χ2v) is 7.61. The molecule has 0 atom stereocenters. The number of thioether (sulfide) groups is 1. The van der Waals surface area contributed by atoms with Crippen LogP contribution in [0, 0.1) is 17.0 Å². The van der Waals surface area contributed by atoms with Crippen LogP contribution in [0.1, 0.15) is 5.56 Å². The average Bonchev–Trinajstić information content (AvgIpc) is 3.17. The Morgan fingerprint density at radius 3 is 2.74 bits per heavy atom. The molecule has 0 aliphatic heterocycles. The molecule has 0 saturated heterocycles. The number of amides is 1. The zero-order valence-corrected chi connectivity index (χ0v) is 17.0. The molecule has 1 amide bonds. The summed E-state index contributed by atoms with van der Waals surface area (Å²) in [6.07, 6.45) is 1.38. The van der Waals surface area contributed by atoms with E-state index in [-0.39, 0.29) is 33.4 Å². The monoisotopic (exact) mass is 436 g/mol. The number of nitro groups is 1. The summed E-state index contributed by atoms with van der Waals surface area (Å²) in [5.74, 6) is -0.184. The highest BCUT2D eigenvalue weighted by Crippen LogP contribution is 2.20. The van der Waals surface area contributed by atoms with E-state index in [9.17, 15) is 19.7 Å². The Balaban J connectivity index is 1.55. The smallest absolute Gasteiger partial charge is 0.269 e. The number of nitrogens with one attached hydrogen (secondary N) is 2. The van der Waals surface area contributed by atoms with Crippen LogP contribution >= 0.6 is 11.8 Å². The molecular weight excluding hydrogens is 420 g/mol. The lowest BCUT2D eigenvalue weighted by atomic mass is 10.2. The number of aryl methyl sites for hydroxylation is 1. The van der Waals surface area contributed by atoms with Crippen LogP contribution in [0.15, 0.2) is 64.7 Å². The van der Waals surface area contributed by atoms with Gasteiger partial charge in [0.1, 0.15) is 5.39 Å². The molecule has 4 aromatic rings. The lowest BCUT2D eigenvalue weighted by Gasteiger charge is -2.06. The van der Waals surface area contributed by atoms with E-state index in [1.165, 1.54) is 35.1 Å². The zero-order valence-electron chi connectivity index (χ0n) is 16.2. The van der Waals surface area contributed by atoms with E-state index in [2.05, 4.69) is 20.4 Å². The number of fused-ring (bicyclic) bond motifs is 1. The Hall–Kier alpha value is -3.99. The lowest BCUT2D eigenvalue weighted by molar-refractivity contribution is -0.384. The number of H-pyrrole nitrogens is 1. The molecule has 0 bridgehead atoms. The van der Waals surface area contributed by atoms with Gasteiger partial charge in [0.2, 0.25) is 5.91 Å². The maximum absolute atomic E-state index is 12.4. The molecule has 0 radical (unpaired) electrons. The van der Waals surface area contributed by atoms with Gasteiger partial charge in [-0.05, 0) is 36.8 Å². The minimum Gasteiger partial charge on any atom is -0.325 e. The van der Waals surface area contributed by atoms with Gasteiger partial charge in [0.25, 0.3) is 11.2 Å². The molecule has 4 rings (SSSR count). The highest BCUT2D eigenvalue weighted by atomic mass is 32.2. The summed E-state index contributed by atoms with van der Waals surface area (Å²) in [6.45, 7) is 1.93. The number of hydrogen-bond donors (Lipinski definition) is 2. The van der Waals surface area contributed by atoms with Gasteiger partial charge in [-0.15, -0.1) is 0 Å². The topological polar surface area (TPSA) is 136 Å². The number of hydrogen-bond acceptors (Lipinski definition) is 7. The first kappa shape index (κ1) is 20.3. The Kier molecular flexibility index (Phi) is 5.50. The van der Waals surface area contributed by atoms with E-state index in [0.29, 0.717) is 17.0 Å². The average molecular weight is 436 g/mol. The number of aromatic amines is 1. The Labute approximate surface area is 179 Å². The van der Waals surface area contributed by atoms with Crippen molar-refractivity contribution in [3.05, 3.63) is 80.8 Å². The summed E-state index contributed by atoms with van der Waals surface area (Å²) in [5.41, 5.74) is 2.09. The molecule has 2 aromatic heterocycles. The van der Waals surface area contributed by atoms with Gasteiger partial charge in [0.05, 0.1) is 22.6 Å². The standard InChI is InChI=1S/C20H16N6O4S/c1-12-3-2-4-13(9-12)22-17(27)11-31-20-23-18-16(19(28)24-20)10-21-25(18)14-5-7-15(8-6-14)26(29)30/h2-10H,11H2,1H3,(H,22,27)(H,23,24,28). The minimum absolute atomic E-state index is 0.0497. The van der Waals surface area contributed by atoms with Crippen LogP contribution in [0.3, 0.4) is 0 Å². The van der Waals surface area contributed by atoms with Gasteiger partial charge in [-0.3, -0.25) is 19.7 Å². The van der Waals surface area contributed by atoms with Gasteiger partial charge in [0.15, 0.2) is 10.8 Å². The van der Waals surface area contributed by atoms with Gasteiger partial charge in [-0.2, -0.15) is 5.10 Å². The Morgan fingerprint density at radius 1 is 1.26 bits per heavy atom. The third-order valence-electron chi connectivity index (χ3n) is 4.36. The summed E-state index contributed by atoms with van der Waals surface area (Å²) in [6, 6.07) is 13.2. The fourth-order valence-electron chi connectivity index (χ4n) is 2.92. The normalized spacial score (nSPS) is 10.9. The van der Waals surface area contributed by atoms with Crippen molar-refractivity contribution in [3.8, 4) is 5.69 Å². The summed E-state index contributed by atoms with van der Waals surface area (Å²) in [5, 5.41) is 18.4. The third kappa shape index (κ3) is 4.46. The van der Waals surface area contributed by atoms with Crippen molar-refractivity contribution in [2.24, 2.45) is 0 Å². The molecule has 2 aromatic carbocycles. The summed E-state index contributed by atoms with van der Waals surface area (Å²) in [4.78, 5) is 42.1. The molecule has 0 saturated carbocycles. The fraction of sp³-hybridized carbons (Fsp3) is 0.100. The van der Waals surface area contributed by atoms with Crippen molar-refractivity contribution < 1.29 is 9.72 Å². The maximum atomic E-state index is 12.4. The third-order valence-corrected chi connectivity index (χ3v) is 5.24. The van der Waals surface area contributed by atoms with Crippen LogP contribution in [-0.2, 0) is 4.79 Å². The number of benzene rings is 2. The molecule has 11 heteroatoms. The number of nitro benzene ring substituents is 1. The SMILES string of the molecule is Cc1cccc(NC(=O)CSc2nc3c(cnn3-c3ccc([N+](=O)[O-])cc3)c(=O)[nH]2)c1. The van der Waals surface area contributed by atoms with Crippen molar-refractivity contribution in [3.63, 3.8) is 0 Å². The van der Waals surface area contributed by atoms with Crippen molar-refractivity contribution in [2.75, 3.05) is 11.1 Å². The van der Waals surface area contributed by atoms with Crippen LogP contribution in [-0.4, -0.2) is 36.3 Å². The number of carbonyl (C=O) groups is 1. The first-order valence-electron chi connectivity index (χ1n) is 9.13. The molecule has 0 spiro atoms. The molecule has 0 unspecified atom stereocenters. The van der Waals surface area contributed by atoms with E-state index >= 15 is 0 Å². The van der Waals surface area contributed by atoms with Crippen LogP contribution < -0.4 is 10.9 Å². The van der Waals surface area contributed by atoms with Gasteiger partial charge >= 0.3 is 0 Å². The number of nitrogens with zero attached hydrogens (tertiary/aromatic N) is 4. The van der Waals surface area contributed by atoms with Crippen LogP contribution in [0.5, 0.6) is 0 Å². The highest BCUT2D eigenvalue weighted by Gasteiger charge is 2.14. The molecule has 0 aliphatic carbocycles. The summed E-state index contributed by atoms with van der Waals surface area (Å²) < 4.78 is 1.42. The molecule has 10 nitrogen and oxygen atoms in total. The molecule has 156 valence electrons. The highest BCUT2D eigenvalue weighted by molar-refractivity contribution is 7.99. The minimum atomic E-state index is -0.496. The molecule has 2 N–H and O–H groups in total. The second-order valence-electron chi connectivity index (χ2n) is 6.64. The number of non-ortho nitro benzene ring substituents is 1. The quantitative estimate of drug-likeness (QED) is 0.205. The maximum Gasteiger partial charge on any atom is 0.269 e. The fourth-order valence-corrected chi connectivity index (χ4v) is 3.58. The molecule has 2 heterocycles. The number of rotatable bonds is 6. The predicted octanol–water partition coefficient (Wildman–Crippen LogP) is 3.06. The lowest BCUT2D eigenvalue weighted by Crippen LogP contribution is -2.15. The number of anilines is 1.